The van der Waals surface area contributed by atoms with Gasteiger partial charge in [0.05, 0.1) is 12.8 Å². The summed E-state index contributed by atoms with van der Waals surface area (Å²) in [6, 6.07) is 7.63. The molecule has 140 valence electrons. The van der Waals surface area contributed by atoms with Crippen molar-refractivity contribution in [2.24, 2.45) is 0 Å². The van der Waals surface area contributed by atoms with Crippen LogP contribution in [0.2, 0.25) is 5.02 Å². The van der Waals surface area contributed by atoms with E-state index in [4.69, 9.17) is 22.1 Å². The van der Waals surface area contributed by atoms with E-state index in [1.807, 2.05) is 6.92 Å². The number of nitrogens with two attached hydrogens (primary N) is 1. The number of fused-ring (bicyclic) bond motifs is 1. The monoisotopic (exact) mass is 388 g/mol. The quantitative estimate of drug-likeness (QED) is 0.693. The Morgan fingerprint density at radius 1 is 1.30 bits per heavy atom. The molecule has 1 aromatic heterocycles. The number of nitrogens with one attached hydrogen (secondary N) is 1. The van der Waals surface area contributed by atoms with Crippen LogP contribution in [0, 0.1) is 5.82 Å². The van der Waals surface area contributed by atoms with Gasteiger partial charge in [-0.1, -0.05) is 18.5 Å². The van der Waals surface area contributed by atoms with Crippen LogP contribution in [-0.2, 0) is 0 Å². The summed E-state index contributed by atoms with van der Waals surface area (Å²) in [4.78, 5) is 12.2. The summed E-state index contributed by atoms with van der Waals surface area (Å²) in [5, 5.41) is 11.5. The minimum atomic E-state index is -0.533. The fraction of sp³-hybridized carbons (Fsp3) is 0.211. The number of hydrogen-bond acceptors (Lipinski definition) is 5. The van der Waals surface area contributed by atoms with Gasteiger partial charge in [-0.2, -0.15) is 0 Å². The van der Waals surface area contributed by atoms with Gasteiger partial charge < -0.3 is 15.8 Å². The average molecular weight is 389 g/mol. The molecule has 0 aliphatic rings. The van der Waals surface area contributed by atoms with Crippen LogP contribution in [0.5, 0.6) is 5.75 Å². The number of nitrogen functional groups attached to an aromatic ring is 1. The van der Waals surface area contributed by atoms with Crippen LogP contribution >= 0.6 is 11.6 Å². The molecule has 3 rings (SSSR count). The second kappa shape index (κ2) is 7.75. The van der Waals surface area contributed by atoms with Crippen molar-refractivity contribution in [1.29, 1.82) is 0 Å². The van der Waals surface area contributed by atoms with E-state index in [9.17, 15) is 9.18 Å². The number of amides is 1. The highest BCUT2D eigenvalue weighted by Gasteiger charge is 2.20. The van der Waals surface area contributed by atoms with Crippen molar-refractivity contribution < 1.29 is 13.9 Å². The lowest BCUT2D eigenvalue weighted by molar-refractivity contribution is 0.0949. The summed E-state index contributed by atoms with van der Waals surface area (Å²) < 4.78 is 19.9. The Labute approximate surface area is 160 Å². The van der Waals surface area contributed by atoms with Crippen LogP contribution in [0.25, 0.3) is 22.0 Å². The largest absolute Gasteiger partial charge is 0.497 e. The van der Waals surface area contributed by atoms with E-state index >= 15 is 0 Å². The zero-order chi connectivity index (χ0) is 19.6. The van der Waals surface area contributed by atoms with Crippen LogP contribution in [0.3, 0.4) is 0 Å². The maximum absolute atomic E-state index is 14.7. The molecule has 2 aromatic carbocycles. The van der Waals surface area contributed by atoms with Crippen LogP contribution in [-0.4, -0.2) is 29.8 Å². The molecule has 3 N–H and O–H groups in total. The lowest BCUT2D eigenvalue weighted by Crippen LogP contribution is -2.26. The lowest BCUT2D eigenvalue weighted by Gasteiger charge is -2.13. The van der Waals surface area contributed by atoms with Gasteiger partial charge in [-0.15, -0.1) is 10.2 Å². The van der Waals surface area contributed by atoms with Crippen molar-refractivity contribution in [2.45, 2.75) is 13.3 Å². The number of carbonyl (C=O) groups is 1. The number of hydrogen-bond donors (Lipinski definition) is 2. The van der Waals surface area contributed by atoms with Crippen molar-refractivity contribution in [1.82, 2.24) is 15.5 Å². The lowest BCUT2D eigenvalue weighted by atomic mass is 10.00. The molecule has 6 nitrogen and oxygen atoms in total. The van der Waals surface area contributed by atoms with Gasteiger partial charge in [0.1, 0.15) is 17.1 Å². The zero-order valence-electron chi connectivity index (χ0n) is 14.8. The summed E-state index contributed by atoms with van der Waals surface area (Å²) in [6.45, 7) is 2.43. The Morgan fingerprint density at radius 2 is 2.07 bits per heavy atom. The summed E-state index contributed by atoms with van der Waals surface area (Å²) in [7, 11) is 1.51. The van der Waals surface area contributed by atoms with Crippen molar-refractivity contribution in [2.75, 3.05) is 19.4 Å². The first-order valence-corrected chi connectivity index (χ1v) is 8.72. The Morgan fingerprint density at radius 3 is 2.78 bits per heavy atom. The molecule has 0 bridgehead atoms. The molecule has 0 fully saturated rings. The fourth-order valence-electron chi connectivity index (χ4n) is 2.74. The number of halogens is 2. The van der Waals surface area contributed by atoms with Gasteiger partial charge >= 0.3 is 0 Å². The fourth-order valence-corrected chi connectivity index (χ4v) is 2.95. The number of rotatable bonds is 5. The predicted molar refractivity (Wildman–Crippen MR) is 104 cm³/mol. The first-order chi connectivity index (χ1) is 13.0. The standard InChI is InChI=1S/C19H18ClFN4O2/c1-3-8-23-19(26)18-16(22)11-5-7-14(21)15(17(11)24-25-18)12-9-10(27-2)4-6-13(12)20/h4-7,9H,3,8H2,1-2H3,(H2,22,24)(H,23,26). The number of aromatic nitrogens is 2. The van der Waals surface area contributed by atoms with Gasteiger partial charge in [0, 0.05) is 28.1 Å². The third kappa shape index (κ3) is 3.50. The Balaban J connectivity index is 2.22. The Hall–Kier alpha value is -2.93. The highest BCUT2D eigenvalue weighted by molar-refractivity contribution is 6.33. The Bertz CT molecular complexity index is 1030. The molecule has 8 heteroatoms. The van der Waals surface area contributed by atoms with Crippen LogP contribution in [0.15, 0.2) is 30.3 Å². The van der Waals surface area contributed by atoms with Crippen molar-refractivity contribution in [3.63, 3.8) is 0 Å². The van der Waals surface area contributed by atoms with E-state index in [1.54, 1.807) is 18.2 Å². The first-order valence-electron chi connectivity index (χ1n) is 8.34. The SMILES string of the molecule is CCCNC(=O)c1nnc2c(-c3cc(OC)ccc3Cl)c(F)ccc2c1N. The highest BCUT2D eigenvalue weighted by atomic mass is 35.5. The van der Waals surface area contributed by atoms with Gasteiger partial charge in [-0.05, 0) is 36.8 Å². The summed E-state index contributed by atoms with van der Waals surface area (Å²) in [5.41, 5.74) is 7.04. The molecular formula is C19H18ClFN4O2. The van der Waals surface area contributed by atoms with E-state index < -0.39 is 11.7 Å². The minimum Gasteiger partial charge on any atom is -0.497 e. The molecule has 0 atom stereocenters. The topological polar surface area (TPSA) is 90.1 Å². The normalized spacial score (nSPS) is 10.8. The second-order valence-corrected chi connectivity index (χ2v) is 6.29. The maximum Gasteiger partial charge on any atom is 0.273 e. The number of carbonyl (C=O) groups excluding carboxylic acids is 1. The molecule has 0 spiro atoms. The molecule has 0 saturated carbocycles. The Kier molecular flexibility index (Phi) is 5.41. The predicted octanol–water partition coefficient (Wildman–Crippen LogP) is 3.82. The van der Waals surface area contributed by atoms with Crippen molar-refractivity contribution in [3.8, 4) is 16.9 Å². The molecule has 0 saturated heterocycles. The van der Waals surface area contributed by atoms with E-state index in [-0.39, 0.29) is 22.5 Å². The number of methoxy groups -OCH3 is 1. The summed E-state index contributed by atoms with van der Waals surface area (Å²) in [5.74, 6) is -0.439. The van der Waals surface area contributed by atoms with Crippen LogP contribution < -0.4 is 15.8 Å². The molecule has 3 aromatic rings. The van der Waals surface area contributed by atoms with Gasteiger partial charge in [0.15, 0.2) is 5.69 Å². The molecular weight excluding hydrogens is 371 g/mol. The molecule has 0 aliphatic carbocycles. The third-order valence-corrected chi connectivity index (χ3v) is 4.45. The van der Waals surface area contributed by atoms with E-state index in [0.717, 1.165) is 6.42 Å². The van der Waals surface area contributed by atoms with E-state index in [2.05, 4.69) is 15.5 Å². The highest BCUT2D eigenvalue weighted by Crippen LogP contribution is 2.38. The van der Waals surface area contributed by atoms with Crippen molar-refractivity contribution >= 4 is 34.1 Å². The van der Waals surface area contributed by atoms with E-state index in [1.165, 1.54) is 19.2 Å². The average Bonchev–Trinajstić information content (AvgIpc) is 2.67. The van der Waals surface area contributed by atoms with Gasteiger partial charge in [0.2, 0.25) is 0 Å². The molecule has 0 radical (unpaired) electrons. The number of ether oxygens (including phenoxy) is 1. The maximum atomic E-state index is 14.7. The van der Waals surface area contributed by atoms with Gasteiger partial charge in [-0.25, -0.2) is 4.39 Å². The summed E-state index contributed by atoms with van der Waals surface area (Å²) in [6.07, 6.45) is 0.774. The molecule has 0 unspecified atom stereocenters. The molecule has 27 heavy (non-hydrogen) atoms. The zero-order valence-corrected chi connectivity index (χ0v) is 15.6. The summed E-state index contributed by atoms with van der Waals surface area (Å²) >= 11 is 6.27. The number of benzene rings is 2. The van der Waals surface area contributed by atoms with Gasteiger partial charge in [-0.3, -0.25) is 4.79 Å². The second-order valence-electron chi connectivity index (χ2n) is 5.88. The molecule has 1 heterocycles. The molecule has 1 amide bonds. The minimum absolute atomic E-state index is 0.00486. The van der Waals surface area contributed by atoms with Crippen LogP contribution in [0.4, 0.5) is 10.1 Å². The van der Waals surface area contributed by atoms with Gasteiger partial charge in [0.25, 0.3) is 5.91 Å². The van der Waals surface area contributed by atoms with Crippen LogP contribution in [0.1, 0.15) is 23.8 Å². The molecule has 0 aliphatic heterocycles. The first kappa shape index (κ1) is 18.8. The third-order valence-electron chi connectivity index (χ3n) is 4.12. The van der Waals surface area contributed by atoms with E-state index in [0.29, 0.717) is 28.3 Å². The van der Waals surface area contributed by atoms with Crippen molar-refractivity contribution in [3.05, 3.63) is 46.9 Å². The smallest absolute Gasteiger partial charge is 0.273 e. The number of anilines is 1. The number of nitrogens with zero attached hydrogens (tertiary/aromatic N) is 2.